The maximum absolute atomic E-state index is 5.19. The molecule has 4 heteroatoms. The SMILES string of the molecule is COc1cc(CN2CCN(c3cccc(C)c3)CC2)ccn1. The summed E-state index contributed by atoms with van der Waals surface area (Å²) in [4.78, 5) is 9.12. The Morgan fingerprint density at radius 2 is 1.91 bits per heavy atom. The zero-order chi connectivity index (χ0) is 15.4. The number of piperazine rings is 1. The molecular formula is C18H23N3O. The zero-order valence-corrected chi connectivity index (χ0v) is 13.3. The number of pyridine rings is 1. The number of hydrogen-bond donors (Lipinski definition) is 0. The first-order chi connectivity index (χ1) is 10.7. The van der Waals surface area contributed by atoms with Crippen LogP contribution in [-0.2, 0) is 6.54 Å². The molecule has 1 fully saturated rings. The average molecular weight is 297 g/mol. The van der Waals surface area contributed by atoms with Gasteiger partial charge in [-0.1, -0.05) is 12.1 Å². The fraction of sp³-hybridized carbons (Fsp3) is 0.389. The Labute approximate surface area is 132 Å². The van der Waals surface area contributed by atoms with Crippen molar-refractivity contribution in [3.8, 4) is 5.88 Å². The number of rotatable bonds is 4. The molecule has 1 saturated heterocycles. The normalized spacial score (nSPS) is 15.8. The third-order valence-corrected chi connectivity index (χ3v) is 4.15. The van der Waals surface area contributed by atoms with Crippen LogP contribution in [0.25, 0.3) is 0 Å². The monoisotopic (exact) mass is 297 g/mol. The number of anilines is 1. The van der Waals surface area contributed by atoms with Crippen molar-refractivity contribution in [3.63, 3.8) is 0 Å². The van der Waals surface area contributed by atoms with Crippen molar-refractivity contribution in [3.05, 3.63) is 53.7 Å². The van der Waals surface area contributed by atoms with Crippen LogP contribution in [0, 0.1) is 6.92 Å². The second kappa shape index (κ2) is 6.79. The summed E-state index contributed by atoms with van der Waals surface area (Å²) in [5, 5.41) is 0. The van der Waals surface area contributed by atoms with Crippen LogP contribution in [0.2, 0.25) is 0 Å². The van der Waals surface area contributed by atoms with Crippen LogP contribution < -0.4 is 9.64 Å². The van der Waals surface area contributed by atoms with Gasteiger partial charge in [-0.2, -0.15) is 0 Å². The molecule has 0 N–H and O–H groups in total. The molecule has 1 aliphatic heterocycles. The first-order valence-corrected chi connectivity index (χ1v) is 7.77. The van der Waals surface area contributed by atoms with E-state index in [1.54, 1.807) is 7.11 Å². The van der Waals surface area contributed by atoms with Crippen molar-refractivity contribution in [1.82, 2.24) is 9.88 Å². The van der Waals surface area contributed by atoms with E-state index in [-0.39, 0.29) is 0 Å². The number of hydrogen-bond acceptors (Lipinski definition) is 4. The molecule has 1 aromatic heterocycles. The molecule has 1 aromatic carbocycles. The lowest BCUT2D eigenvalue weighted by Crippen LogP contribution is -2.45. The number of aryl methyl sites for hydroxylation is 1. The minimum absolute atomic E-state index is 0.691. The van der Waals surface area contributed by atoms with E-state index in [0.717, 1.165) is 32.7 Å². The molecule has 0 bridgehead atoms. The topological polar surface area (TPSA) is 28.6 Å². The summed E-state index contributed by atoms with van der Waals surface area (Å²) in [6.45, 7) is 7.42. The molecule has 2 aromatic rings. The van der Waals surface area contributed by atoms with Crippen molar-refractivity contribution < 1.29 is 4.74 Å². The van der Waals surface area contributed by atoms with Gasteiger partial charge in [-0.3, -0.25) is 4.90 Å². The summed E-state index contributed by atoms with van der Waals surface area (Å²) in [5.74, 6) is 0.691. The maximum Gasteiger partial charge on any atom is 0.213 e. The first-order valence-electron chi connectivity index (χ1n) is 7.77. The van der Waals surface area contributed by atoms with Gasteiger partial charge in [0.1, 0.15) is 0 Å². The van der Waals surface area contributed by atoms with E-state index in [2.05, 4.69) is 52.0 Å². The highest BCUT2D eigenvalue weighted by Crippen LogP contribution is 2.19. The van der Waals surface area contributed by atoms with Crippen LogP contribution in [0.4, 0.5) is 5.69 Å². The third-order valence-electron chi connectivity index (χ3n) is 4.15. The molecular weight excluding hydrogens is 274 g/mol. The van der Waals surface area contributed by atoms with Crippen molar-refractivity contribution in [2.45, 2.75) is 13.5 Å². The van der Waals surface area contributed by atoms with Gasteiger partial charge >= 0.3 is 0 Å². The Morgan fingerprint density at radius 1 is 1.09 bits per heavy atom. The zero-order valence-electron chi connectivity index (χ0n) is 13.3. The van der Waals surface area contributed by atoms with Gasteiger partial charge in [-0.05, 0) is 36.2 Å². The van der Waals surface area contributed by atoms with E-state index in [1.807, 2.05) is 12.3 Å². The molecule has 2 heterocycles. The molecule has 0 aliphatic carbocycles. The summed E-state index contributed by atoms with van der Waals surface area (Å²) >= 11 is 0. The number of nitrogens with zero attached hydrogens (tertiary/aromatic N) is 3. The van der Waals surface area contributed by atoms with Gasteiger partial charge in [0, 0.05) is 50.7 Å². The van der Waals surface area contributed by atoms with Gasteiger partial charge in [0.05, 0.1) is 7.11 Å². The van der Waals surface area contributed by atoms with Crippen LogP contribution in [0.5, 0.6) is 5.88 Å². The number of methoxy groups -OCH3 is 1. The van der Waals surface area contributed by atoms with E-state index in [1.165, 1.54) is 16.8 Å². The van der Waals surface area contributed by atoms with E-state index in [4.69, 9.17) is 4.74 Å². The summed E-state index contributed by atoms with van der Waals surface area (Å²) in [6.07, 6.45) is 1.82. The largest absolute Gasteiger partial charge is 0.481 e. The molecule has 0 unspecified atom stereocenters. The summed E-state index contributed by atoms with van der Waals surface area (Å²) in [7, 11) is 1.66. The van der Waals surface area contributed by atoms with E-state index >= 15 is 0 Å². The molecule has 3 rings (SSSR count). The molecule has 0 spiro atoms. The predicted octanol–water partition coefficient (Wildman–Crippen LogP) is 2.72. The number of aromatic nitrogens is 1. The summed E-state index contributed by atoms with van der Waals surface area (Å²) < 4.78 is 5.19. The fourth-order valence-electron chi connectivity index (χ4n) is 2.91. The van der Waals surface area contributed by atoms with Crippen LogP contribution in [-0.4, -0.2) is 43.2 Å². The third kappa shape index (κ3) is 3.57. The average Bonchev–Trinajstić information content (AvgIpc) is 2.56. The van der Waals surface area contributed by atoms with Gasteiger partial charge in [-0.15, -0.1) is 0 Å². The van der Waals surface area contributed by atoms with Crippen molar-refractivity contribution >= 4 is 5.69 Å². The highest BCUT2D eigenvalue weighted by molar-refractivity contribution is 5.48. The van der Waals surface area contributed by atoms with Gasteiger partial charge in [0.2, 0.25) is 5.88 Å². The Morgan fingerprint density at radius 3 is 2.64 bits per heavy atom. The molecule has 22 heavy (non-hydrogen) atoms. The minimum atomic E-state index is 0.691. The Bertz CT molecular complexity index is 621. The van der Waals surface area contributed by atoms with Gasteiger partial charge < -0.3 is 9.64 Å². The van der Waals surface area contributed by atoms with Crippen molar-refractivity contribution in [2.24, 2.45) is 0 Å². The fourth-order valence-corrected chi connectivity index (χ4v) is 2.91. The van der Waals surface area contributed by atoms with Crippen molar-refractivity contribution in [1.29, 1.82) is 0 Å². The number of benzene rings is 1. The standard InChI is InChI=1S/C18H23N3O/c1-15-4-3-5-17(12-15)21-10-8-20(9-11-21)14-16-6-7-19-18(13-16)22-2/h3-7,12-13H,8-11,14H2,1-2H3. The molecule has 1 aliphatic rings. The minimum Gasteiger partial charge on any atom is -0.481 e. The van der Waals surface area contributed by atoms with E-state index in [0.29, 0.717) is 5.88 Å². The lowest BCUT2D eigenvalue weighted by molar-refractivity contribution is 0.249. The number of ether oxygens (including phenoxy) is 1. The van der Waals surface area contributed by atoms with Gasteiger partial charge in [-0.25, -0.2) is 4.98 Å². The van der Waals surface area contributed by atoms with Gasteiger partial charge in [0.15, 0.2) is 0 Å². The molecule has 0 radical (unpaired) electrons. The lowest BCUT2D eigenvalue weighted by Gasteiger charge is -2.36. The summed E-state index contributed by atoms with van der Waals surface area (Å²) in [6, 6.07) is 12.8. The smallest absolute Gasteiger partial charge is 0.213 e. The maximum atomic E-state index is 5.19. The second-order valence-corrected chi connectivity index (χ2v) is 5.81. The van der Waals surface area contributed by atoms with E-state index in [9.17, 15) is 0 Å². The van der Waals surface area contributed by atoms with Crippen LogP contribution in [0.3, 0.4) is 0 Å². The van der Waals surface area contributed by atoms with Crippen LogP contribution in [0.15, 0.2) is 42.6 Å². The van der Waals surface area contributed by atoms with Crippen LogP contribution in [0.1, 0.15) is 11.1 Å². The van der Waals surface area contributed by atoms with Gasteiger partial charge in [0.25, 0.3) is 0 Å². The van der Waals surface area contributed by atoms with E-state index < -0.39 is 0 Å². The summed E-state index contributed by atoms with van der Waals surface area (Å²) in [5.41, 5.74) is 3.92. The molecule has 116 valence electrons. The Hall–Kier alpha value is -2.07. The molecule has 0 atom stereocenters. The molecule has 0 amide bonds. The highest BCUT2D eigenvalue weighted by atomic mass is 16.5. The molecule has 0 saturated carbocycles. The lowest BCUT2D eigenvalue weighted by atomic mass is 10.2. The Kier molecular flexibility index (Phi) is 4.59. The second-order valence-electron chi connectivity index (χ2n) is 5.81. The first kappa shape index (κ1) is 14.9. The van der Waals surface area contributed by atoms with Crippen molar-refractivity contribution in [2.75, 3.05) is 38.2 Å². The quantitative estimate of drug-likeness (QED) is 0.867. The highest BCUT2D eigenvalue weighted by Gasteiger charge is 2.17. The predicted molar refractivity (Wildman–Crippen MR) is 89.5 cm³/mol. The molecule has 4 nitrogen and oxygen atoms in total. The Balaban J connectivity index is 1.57. The van der Waals surface area contributed by atoms with Crippen LogP contribution >= 0.6 is 0 Å².